The van der Waals surface area contributed by atoms with E-state index in [1.165, 1.54) is 4.31 Å². The van der Waals surface area contributed by atoms with Gasteiger partial charge in [-0.1, -0.05) is 43.3 Å². The Kier molecular flexibility index (Phi) is 5.08. The van der Waals surface area contributed by atoms with Crippen molar-refractivity contribution >= 4 is 27.3 Å². The van der Waals surface area contributed by atoms with E-state index < -0.39 is 10.0 Å². The van der Waals surface area contributed by atoms with Crippen molar-refractivity contribution in [1.82, 2.24) is 0 Å². The van der Waals surface area contributed by atoms with Crippen molar-refractivity contribution in [3.8, 4) is 0 Å². The van der Waals surface area contributed by atoms with Gasteiger partial charge in [-0.05, 0) is 36.6 Å². The molecule has 1 saturated heterocycles. The molecule has 0 radical (unpaired) electrons. The third-order valence-electron chi connectivity index (χ3n) is 4.33. The number of hydrogen-bond acceptors (Lipinski definition) is 3. The standard InChI is InChI=1S/C19H22N2O3S/c1-15(13-16-7-3-2-4-8-16)19(22)20-17-9-5-10-18(14-17)21-11-6-12-25(21,23)24/h2-5,7-10,14-15H,6,11-13H2,1H3,(H,20,22). The lowest BCUT2D eigenvalue weighted by Crippen LogP contribution is -2.25. The summed E-state index contributed by atoms with van der Waals surface area (Å²) in [4.78, 5) is 12.4. The molecule has 0 spiro atoms. The predicted octanol–water partition coefficient (Wildman–Crippen LogP) is 3.04. The van der Waals surface area contributed by atoms with Crippen LogP contribution in [0.1, 0.15) is 18.9 Å². The summed E-state index contributed by atoms with van der Waals surface area (Å²) in [5, 5.41) is 2.89. The van der Waals surface area contributed by atoms with Crippen LogP contribution in [0.3, 0.4) is 0 Å². The topological polar surface area (TPSA) is 66.5 Å². The van der Waals surface area contributed by atoms with Crippen molar-refractivity contribution in [2.45, 2.75) is 19.8 Å². The highest BCUT2D eigenvalue weighted by atomic mass is 32.2. The SMILES string of the molecule is CC(Cc1ccccc1)C(=O)Nc1cccc(N2CCCS2(=O)=O)c1. The number of nitrogens with one attached hydrogen (secondary N) is 1. The van der Waals surface area contributed by atoms with Gasteiger partial charge in [-0.2, -0.15) is 0 Å². The van der Waals surface area contributed by atoms with Gasteiger partial charge in [0.1, 0.15) is 0 Å². The van der Waals surface area contributed by atoms with Crippen LogP contribution in [0, 0.1) is 5.92 Å². The molecule has 0 aliphatic carbocycles. The lowest BCUT2D eigenvalue weighted by atomic mass is 10.0. The van der Waals surface area contributed by atoms with Crippen LogP contribution in [-0.4, -0.2) is 26.6 Å². The van der Waals surface area contributed by atoms with E-state index in [0.717, 1.165) is 5.56 Å². The zero-order valence-corrected chi connectivity index (χ0v) is 15.0. The monoisotopic (exact) mass is 358 g/mol. The minimum absolute atomic E-state index is 0.0784. The number of benzene rings is 2. The first-order valence-corrected chi connectivity index (χ1v) is 10.0. The first-order chi connectivity index (χ1) is 12.0. The molecule has 1 heterocycles. The minimum atomic E-state index is -3.22. The third-order valence-corrected chi connectivity index (χ3v) is 6.20. The Morgan fingerprint density at radius 3 is 2.60 bits per heavy atom. The van der Waals surface area contributed by atoms with Crippen molar-refractivity contribution < 1.29 is 13.2 Å². The van der Waals surface area contributed by atoms with Crippen LogP contribution >= 0.6 is 0 Å². The van der Waals surface area contributed by atoms with E-state index in [0.29, 0.717) is 30.8 Å². The van der Waals surface area contributed by atoms with Gasteiger partial charge in [0.15, 0.2) is 0 Å². The van der Waals surface area contributed by atoms with Crippen LogP contribution in [0.5, 0.6) is 0 Å². The molecule has 25 heavy (non-hydrogen) atoms. The van der Waals surface area contributed by atoms with Crippen LogP contribution in [0.15, 0.2) is 54.6 Å². The van der Waals surface area contributed by atoms with Gasteiger partial charge in [-0.25, -0.2) is 8.42 Å². The Morgan fingerprint density at radius 2 is 1.92 bits per heavy atom. The lowest BCUT2D eigenvalue weighted by Gasteiger charge is -2.18. The Morgan fingerprint density at radius 1 is 1.16 bits per heavy atom. The number of anilines is 2. The molecule has 6 heteroatoms. The highest BCUT2D eigenvalue weighted by Gasteiger charge is 2.28. The molecule has 132 valence electrons. The second-order valence-electron chi connectivity index (χ2n) is 6.37. The average Bonchev–Trinajstić information content (AvgIpc) is 2.95. The van der Waals surface area contributed by atoms with Crippen molar-refractivity contribution in [3.63, 3.8) is 0 Å². The predicted molar refractivity (Wildman–Crippen MR) is 100 cm³/mol. The number of amides is 1. The van der Waals surface area contributed by atoms with Crippen molar-refractivity contribution in [2.24, 2.45) is 5.92 Å². The zero-order chi connectivity index (χ0) is 17.9. The summed E-state index contributed by atoms with van der Waals surface area (Å²) >= 11 is 0. The molecule has 3 rings (SSSR count). The lowest BCUT2D eigenvalue weighted by molar-refractivity contribution is -0.119. The Labute approximate surface area is 148 Å². The van der Waals surface area contributed by atoms with E-state index in [4.69, 9.17) is 0 Å². The Hall–Kier alpha value is -2.34. The molecule has 2 aromatic carbocycles. The van der Waals surface area contributed by atoms with Crippen LogP contribution in [0.4, 0.5) is 11.4 Å². The van der Waals surface area contributed by atoms with Gasteiger partial charge in [-0.15, -0.1) is 0 Å². The number of carbonyl (C=O) groups is 1. The van der Waals surface area contributed by atoms with E-state index in [1.807, 2.05) is 37.3 Å². The average molecular weight is 358 g/mol. The Balaban J connectivity index is 1.68. The number of rotatable bonds is 5. The van der Waals surface area contributed by atoms with E-state index in [1.54, 1.807) is 24.3 Å². The molecule has 0 bridgehead atoms. The minimum Gasteiger partial charge on any atom is -0.326 e. The summed E-state index contributed by atoms with van der Waals surface area (Å²) in [5.41, 5.74) is 2.33. The largest absolute Gasteiger partial charge is 0.326 e. The molecule has 1 aliphatic heterocycles. The molecular formula is C19H22N2O3S. The van der Waals surface area contributed by atoms with Gasteiger partial charge < -0.3 is 5.32 Å². The molecule has 1 fully saturated rings. The maximum Gasteiger partial charge on any atom is 0.235 e. The van der Waals surface area contributed by atoms with Gasteiger partial charge in [0.2, 0.25) is 15.9 Å². The molecule has 2 aromatic rings. The Bertz CT molecular complexity index is 850. The molecule has 5 nitrogen and oxygen atoms in total. The van der Waals surface area contributed by atoms with Crippen molar-refractivity contribution in [2.75, 3.05) is 21.9 Å². The van der Waals surface area contributed by atoms with Gasteiger partial charge in [0.25, 0.3) is 0 Å². The molecule has 1 aliphatic rings. The second kappa shape index (κ2) is 7.27. The summed E-state index contributed by atoms with van der Waals surface area (Å²) < 4.78 is 25.5. The normalized spacial score (nSPS) is 17.2. The molecular weight excluding hydrogens is 336 g/mol. The molecule has 0 saturated carbocycles. The van der Waals surface area contributed by atoms with Crippen LogP contribution in [0.2, 0.25) is 0 Å². The summed E-state index contributed by atoms with van der Waals surface area (Å²) in [6.45, 7) is 2.38. The molecule has 0 aromatic heterocycles. The molecule has 1 atom stereocenters. The van der Waals surface area contributed by atoms with Crippen molar-refractivity contribution in [1.29, 1.82) is 0 Å². The van der Waals surface area contributed by atoms with E-state index in [2.05, 4.69) is 5.32 Å². The van der Waals surface area contributed by atoms with Crippen molar-refractivity contribution in [3.05, 3.63) is 60.2 Å². The smallest absolute Gasteiger partial charge is 0.235 e. The number of hydrogen-bond donors (Lipinski definition) is 1. The number of carbonyl (C=O) groups excluding carboxylic acids is 1. The van der Waals surface area contributed by atoms with Crippen LogP contribution in [-0.2, 0) is 21.2 Å². The number of sulfonamides is 1. The maximum absolute atomic E-state index is 12.4. The van der Waals surface area contributed by atoms with Gasteiger partial charge in [0.05, 0.1) is 11.4 Å². The van der Waals surface area contributed by atoms with E-state index in [-0.39, 0.29) is 17.6 Å². The second-order valence-corrected chi connectivity index (χ2v) is 8.38. The zero-order valence-electron chi connectivity index (χ0n) is 14.2. The molecule has 1 N–H and O–H groups in total. The fraction of sp³-hybridized carbons (Fsp3) is 0.316. The van der Waals surface area contributed by atoms with Gasteiger partial charge in [-0.3, -0.25) is 9.10 Å². The number of nitrogens with zero attached hydrogens (tertiary/aromatic N) is 1. The third kappa shape index (κ3) is 4.20. The van der Waals surface area contributed by atoms with Gasteiger partial charge >= 0.3 is 0 Å². The maximum atomic E-state index is 12.4. The molecule has 1 amide bonds. The fourth-order valence-corrected chi connectivity index (χ4v) is 4.55. The van der Waals surface area contributed by atoms with E-state index >= 15 is 0 Å². The highest BCUT2D eigenvalue weighted by molar-refractivity contribution is 7.93. The van der Waals surface area contributed by atoms with Gasteiger partial charge in [0, 0.05) is 18.2 Å². The quantitative estimate of drug-likeness (QED) is 0.893. The highest BCUT2D eigenvalue weighted by Crippen LogP contribution is 2.26. The summed E-state index contributed by atoms with van der Waals surface area (Å²) in [6, 6.07) is 16.9. The molecule has 1 unspecified atom stereocenters. The van der Waals surface area contributed by atoms with Crippen LogP contribution < -0.4 is 9.62 Å². The van der Waals surface area contributed by atoms with E-state index in [9.17, 15) is 13.2 Å². The van der Waals surface area contributed by atoms with Crippen LogP contribution in [0.25, 0.3) is 0 Å². The first-order valence-electron chi connectivity index (χ1n) is 8.41. The fourth-order valence-electron chi connectivity index (χ4n) is 2.99. The summed E-state index contributed by atoms with van der Waals surface area (Å²) in [6.07, 6.45) is 1.29. The summed E-state index contributed by atoms with van der Waals surface area (Å²) in [5.74, 6) is -0.0793. The summed E-state index contributed by atoms with van der Waals surface area (Å²) in [7, 11) is -3.22. The first kappa shape index (κ1) is 17.5.